The zero-order valence-electron chi connectivity index (χ0n) is 4.70. The Labute approximate surface area is 59.1 Å². The predicted octanol–water partition coefficient (Wildman–Crippen LogP) is 1.53. The van der Waals surface area contributed by atoms with E-state index >= 15 is 0 Å². The van der Waals surface area contributed by atoms with Crippen molar-refractivity contribution in [1.82, 2.24) is 0 Å². The second-order valence-electron chi connectivity index (χ2n) is 2.43. The van der Waals surface area contributed by atoms with Crippen LogP contribution in [0.1, 0.15) is 13.3 Å². The maximum absolute atomic E-state index is 5.69. The molecule has 1 aliphatic carbocycles. The lowest BCUT2D eigenvalue weighted by Gasteiger charge is -2.01. The van der Waals surface area contributed by atoms with Gasteiger partial charge in [-0.2, -0.15) is 0 Å². The molecule has 1 rings (SSSR count). The van der Waals surface area contributed by atoms with E-state index in [1.807, 2.05) is 6.92 Å². The predicted molar refractivity (Wildman–Crippen MR) is 36.2 cm³/mol. The van der Waals surface area contributed by atoms with Crippen LogP contribution in [0.25, 0.3) is 0 Å². The molecule has 1 saturated carbocycles. The summed E-state index contributed by atoms with van der Waals surface area (Å²) >= 11 is 11.4. The molecule has 0 bridgehead atoms. The molecule has 0 saturated heterocycles. The van der Waals surface area contributed by atoms with Gasteiger partial charge in [0.15, 0.2) is 0 Å². The van der Waals surface area contributed by atoms with E-state index in [1.165, 1.54) is 0 Å². The number of halogens is 2. The average Bonchev–Trinajstić information content (AvgIpc) is 2.13. The summed E-state index contributed by atoms with van der Waals surface area (Å²) in [4.78, 5) is 0. The third-order valence-electron chi connectivity index (χ3n) is 1.51. The third kappa shape index (κ3) is 1.09. The smallest absolute Gasteiger partial charge is 0.123 e. The lowest BCUT2D eigenvalue weighted by molar-refractivity contribution is 0.643. The lowest BCUT2D eigenvalue weighted by Crippen LogP contribution is -2.20. The molecule has 0 aromatic carbocycles. The van der Waals surface area contributed by atoms with Gasteiger partial charge in [-0.3, -0.25) is 0 Å². The van der Waals surface area contributed by atoms with Crippen LogP contribution in [0.2, 0.25) is 0 Å². The first kappa shape index (κ1) is 6.66. The van der Waals surface area contributed by atoms with Crippen LogP contribution in [0, 0.1) is 5.92 Å². The zero-order chi connectivity index (χ0) is 6.36. The van der Waals surface area contributed by atoms with Crippen molar-refractivity contribution in [2.24, 2.45) is 11.7 Å². The molecule has 8 heavy (non-hydrogen) atoms. The van der Waals surface area contributed by atoms with Crippen molar-refractivity contribution in [3.63, 3.8) is 0 Å². The van der Waals surface area contributed by atoms with E-state index in [9.17, 15) is 0 Å². The molecule has 0 aliphatic heterocycles. The van der Waals surface area contributed by atoms with E-state index in [0.717, 1.165) is 6.42 Å². The Morgan fingerprint density at radius 1 is 1.75 bits per heavy atom. The highest BCUT2D eigenvalue weighted by Crippen LogP contribution is 2.54. The molecule has 0 aromatic heterocycles. The van der Waals surface area contributed by atoms with Crippen LogP contribution in [0.4, 0.5) is 0 Å². The van der Waals surface area contributed by atoms with Crippen molar-refractivity contribution in [2.45, 2.75) is 23.7 Å². The normalized spacial score (nSPS) is 36.8. The van der Waals surface area contributed by atoms with Gasteiger partial charge in [-0.1, -0.05) is 0 Å². The van der Waals surface area contributed by atoms with Crippen LogP contribution < -0.4 is 5.73 Å². The minimum absolute atomic E-state index is 0.144. The van der Waals surface area contributed by atoms with Crippen molar-refractivity contribution >= 4 is 23.2 Å². The summed E-state index contributed by atoms with van der Waals surface area (Å²) in [6.07, 6.45) is 0.855. The van der Waals surface area contributed by atoms with Crippen LogP contribution in [0.5, 0.6) is 0 Å². The molecule has 2 atom stereocenters. The molecule has 2 N–H and O–H groups in total. The van der Waals surface area contributed by atoms with E-state index in [1.54, 1.807) is 0 Å². The maximum Gasteiger partial charge on any atom is 0.123 e. The molecule has 3 heteroatoms. The van der Waals surface area contributed by atoms with Crippen molar-refractivity contribution < 1.29 is 0 Å². The fourth-order valence-electron chi connectivity index (χ4n) is 0.805. The van der Waals surface area contributed by atoms with Crippen LogP contribution >= 0.6 is 23.2 Å². The molecule has 1 nitrogen and oxygen atoms in total. The monoisotopic (exact) mass is 153 g/mol. The first-order valence-electron chi connectivity index (χ1n) is 2.67. The Morgan fingerprint density at radius 3 is 2.12 bits per heavy atom. The quantitative estimate of drug-likeness (QED) is 0.569. The Kier molecular flexibility index (Phi) is 1.46. The summed E-state index contributed by atoms with van der Waals surface area (Å²) in [5, 5.41) is 0. The van der Waals surface area contributed by atoms with Crippen molar-refractivity contribution in [3.05, 3.63) is 0 Å². The minimum Gasteiger partial charge on any atom is -0.328 e. The number of hydrogen-bond acceptors (Lipinski definition) is 1. The van der Waals surface area contributed by atoms with Gasteiger partial charge in [0.05, 0.1) is 0 Å². The summed E-state index contributed by atoms with van der Waals surface area (Å²) in [5.74, 6) is 0.325. The maximum atomic E-state index is 5.69. The molecular weight excluding hydrogens is 145 g/mol. The van der Waals surface area contributed by atoms with Gasteiger partial charge in [0, 0.05) is 12.0 Å². The Hall–Kier alpha value is 0.540. The van der Waals surface area contributed by atoms with Crippen molar-refractivity contribution in [3.8, 4) is 0 Å². The highest BCUT2D eigenvalue weighted by atomic mass is 35.5. The standard InChI is InChI=1S/C5H9Cl2N/c1-3(8)4-2-5(4,6)7/h3-4H,2,8H2,1H3. The molecule has 48 valence electrons. The first-order valence-corrected chi connectivity index (χ1v) is 3.43. The number of nitrogens with two attached hydrogens (primary N) is 1. The summed E-state index contributed by atoms with van der Waals surface area (Å²) in [5.41, 5.74) is 5.50. The van der Waals surface area contributed by atoms with Crippen molar-refractivity contribution in [1.29, 1.82) is 0 Å². The number of alkyl halides is 2. The second kappa shape index (κ2) is 1.76. The highest BCUT2D eigenvalue weighted by molar-refractivity contribution is 6.50. The minimum atomic E-state index is -0.492. The molecule has 1 fully saturated rings. The Bertz CT molecular complexity index is 101. The van der Waals surface area contributed by atoms with Gasteiger partial charge in [-0.25, -0.2) is 0 Å². The molecule has 0 heterocycles. The molecule has 0 aromatic rings. The largest absolute Gasteiger partial charge is 0.328 e. The van der Waals surface area contributed by atoms with Gasteiger partial charge >= 0.3 is 0 Å². The van der Waals surface area contributed by atoms with Gasteiger partial charge in [-0.15, -0.1) is 23.2 Å². The summed E-state index contributed by atoms with van der Waals surface area (Å²) in [6.45, 7) is 1.93. The summed E-state index contributed by atoms with van der Waals surface area (Å²) < 4.78 is -0.492. The Balaban J connectivity index is 2.37. The lowest BCUT2D eigenvalue weighted by atomic mass is 10.2. The van der Waals surface area contributed by atoms with Crippen LogP contribution in [0.15, 0.2) is 0 Å². The van der Waals surface area contributed by atoms with Crippen LogP contribution in [0.3, 0.4) is 0 Å². The van der Waals surface area contributed by atoms with E-state index in [2.05, 4.69) is 0 Å². The van der Waals surface area contributed by atoms with E-state index in [0.29, 0.717) is 5.92 Å². The summed E-state index contributed by atoms with van der Waals surface area (Å²) in [6, 6.07) is 0.144. The van der Waals surface area contributed by atoms with E-state index in [-0.39, 0.29) is 6.04 Å². The third-order valence-corrected chi connectivity index (χ3v) is 2.38. The molecule has 0 amide bonds. The first-order chi connectivity index (χ1) is 3.54. The van der Waals surface area contributed by atoms with E-state index < -0.39 is 4.33 Å². The molecule has 1 aliphatic rings. The topological polar surface area (TPSA) is 26.0 Å². The van der Waals surface area contributed by atoms with Gasteiger partial charge < -0.3 is 5.73 Å². The SMILES string of the molecule is CC(N)C1CC1(Cl)Cl. The van der Waals surface area contributed by atoms with Gasteiger partial charge in [0.2, 0.25) is 0 Å². The molecular formula is C5H9Cl2N. The van der Waals surface area contributed by atoms with Crippen LogP contribution in [-0.2, 0) is 0 Å². The fourth-order valence-corrected chi connectivity index (χ4v) is 1.53. The number of hydrogen-bond donors (Lipinski definition) is 1. The van der Waals surface area contributed by atoms with Gasteiger partial charge in [-0.05, 0) is 13.3 Å². The van der Waals surface area contributed by atoms with Crippen LogP contribution in [-0.4, -0.2) is 10.4 Å². The second-order valence-corrected chi connectivity index (χ2v) is 3.97. The van der Waals surface area contributed by atoms with E-state index in [4.69, 9.17) is 28.9 Å². The molecule has 2 unspecified atom stereocenters. The summed E-state index contributed by atoms with van der Waals surface area (Å²) in [7, 11) is 0. The highest BCUT2D eigenvalue weighted by Gasteiger charge is 2.53. The zero-order valence-corrected chi connectivity index (χ0v) is 6.21. The molecule has 0 spiro atoms. The molecule has 0 radical (unpaired) electrons. The number of rotatable bonds is 1. The Morgan fingerprint density at radius 2 is 2.12 bits per heavy atom. The van der Waals surface area contributed by atoms with Gasteiger partial charge in [0.25, 0.3) is 0 Å². The fraction of sp³-hybridized carbons (Fsp3) is 1.00. The average molecular weight is 154 g/mol. The van der Waals surface area contributed by atoms with Gasteiger partial charge in [0.1, 0.15) is 4.33 Å². The van der Waals surface area contributed by atoms with Crippen molar-refractivity contribution in [2.75, 3.05) is 0 Å².